The average Bonchev–Trinajstić information content (AvgIpc) is 2.96. The fourth-order valence-electron chi connectivity index (χ4n) is 4.65. The van der Waals surface area contributed by atoms with Gasteiger partial charge in [-0.25, -0.2) is 5.01 Å². The Bertz CT molecular complexity index is 743. The minimum Gasteiger partial charge on any atom is -0.490 e. The number of rotatable bonds is 3. The van der Waals surface area contributed by atoms with Crippen LogP contribution in [0.2, 0.25) is 0 Å². The summed E-state index contributed by atoms with van der Waals surface area (Å²) in [5.41, 5.74) is 5.40. The van der Waals surface area contributed by atoms with Crippen molar-refractivity contribution in [2.45, 2.75) is 51.7 Å². The lowest BCUT2D eigenvalue weighted by Crippen LogP contribution is -2.44. The number of nitrogens with zero attached hydrogens (tertiary/aromatic N) is 1. The number of fused-ring (bicyclic) bond motifs is 1. The van der Waals surface area contributed by atoms with Crippen molar-refractivity contribution < 1.29 is 4.74 Å². The molecule has 132 valence electrons. The SMILES string of the molecule is Cc1cc(C[C@@H]2CCCN(N)C2c2ccccc2)c2c(c1)C[C@H](C)O2. The summed E-state index contributed by atoms with van der Waals surface area (Å²) in [6, 6.07) is 15.6. The molecule has 0 aromatic heterocycles. The van der Waals surface area contributed by atoms with Crippen LogP contribution >= 0.6 is 0 Å². The van der Waals surface area contributed by atoms with Gasteiger partial charge in [0, 0.05) is 13.0 Å². The van der Waals surface area contributed by atoms with Crippen molar-refractivity contribution in [3.63, 3.8) is 0 Å². The van der Waals surface area contributed by atoms with Crippen LogP contribution in [0.1, 0.15) is 48.1 Å². The monoisotopic (exact) mass is 336 g/mol. The van der Waals surface area contributed by atoms with Crippen molar-refractivity contribution in [3.8, 4) is 5.75 Å². The molecule has 3 atom stereocenters. The van der Waals surface area contributed by atoms with Gasteiger partial charge in [-0.05, 0) is 55.7 Å². The van der Waals surface area contributed by atoms with Gasteiger partial charge in [0.15, 0.2) is 0 Å². The molecule has 2 aromatic rings. The molecule has 0 saturated carbocycles. The van der Waals surface area contributed by atoms with Crippen molar-refractivity contribution in [2.24, 2.45) is 11.8 Å². The quantitative estimate of drug-likeness (QED) is 0.854. The third kappa shape index (κ3) is 3.31. The summed E-state index contributed by atoms with van der Waals surface area (Å²) in [5, 5.41) is 2.04. The number of ether oxygens (including phenoxy) is 1. The highest BCUT2D eigenvalue weighted by atomic mass is 16.5. The van der Waals surface area contributed by atoms with Crippen LogP contribution in [0, 0.1) is 12.8 Å². The molecular formula is C22H28N2O. The van der Waals surface area contributed by atoms with Crippen LogP contribution in [-0.2, 0) is 12.8 Å². The Morgan fingerprint density at radius 2 is 2.00 bits per heavy atom. The van der Waals surface area contributed by atoms with Crippen molar-refractivity contribution in [2.75, 3.05) is 6.54 Å². The molecule has 3 nitrogen and oxygen atoms in total. The van der Waals surface area contributed by atoms with Crippen LogP contribution < -0.4 is 10.6 Å². The maximum Gasteiger partial charge on any atom is 0.126 e. The Hall–Kier alpha value is -1.84. The molecule has 0 spiro atoms. The van der Waals surface area contributed by atoms with E-state index in [4.69, 9.17) is 10.6 Å². The third-order valence-electron chi connectivity index (χ3n) is 5.63. The van der Waals surface area contributed by atoms with Gasteiger partial charge in [-0.2, -0.15) is 0 Å². The lowest BCUT2D eigenvalue weighted by Gasteiger charge is -2.39. The second-order valence-corrected chi connectivity index (χ2v) is 7.74. The molecule has 2 N–H and O–H groups in total. The number of hydrogen-bond donors (Lipinski definition) is 1. The molecule has 1 fully saturated rings. The highest BCUT2D eigenvalue weighted by Gasteiger charge is 2.33. The van der Waals surface area contributed by atoms with Crippen molar-refractivity contribution in [1.82, 2.24) is 5.01 Å². The van der Waals surface area contributed by atoms with Gasteiger partial charge < -0.3 is 4.74 Å². The van der Waals surface area contributed by atoms with Gasteiger partial charge in [-0.3, -0.25) is 5.84 Å². The number of hydrogen-bond acceptors (Lipinski definition) is 3. The number of piperidine rings is 1. The first-order valence-electron chi connectivity index (χ1n) is 9.47. The van der Waals surface area contributed by atoms with E-state index in [2.05, 4.69) is 56.3 Å². The topological polar surface area (TPSA) is 38.5 Å². The smallest absolute Gasteiger partial charge is 0.126 e. The average molecular weight is 336 g/mol. The summed E-state index contributed by atoms with van der Waals surface area (Å²) in [6.45, 7) is 5.32. The first-order chi connectivity index (χ1) is 12.1. The van der Waals surface area contributed by atoms with E-state index in [1.165, 1.54) is 28.7 Å². The fourth-order valence-corrected chi connectivity index (χ4v) is 4.65. The summed E-state index contributed by atoms with van der Waals surface area (Å²) in [4.78, 5) is 0. The molecule has 0 amide bonds. The zero-order chi connectivity index (χ0) is 17.4. The van der Waals surface area contributed by atoms with Gasteiger partial charge in [0.25, 0.3) is 0 Å². The molecule has 2 aliphatic heterocycles. The summed E-state index contributed by atoms with van der Waals surface area (Å²) in [6.07, 6.45) is 4.73. The van der Waals surface area contributed by atoms with E-state index in [-0.39, 0.29) is 12.1 Å². The molecule has 4 rings (SSSR count). The predicted octanol–water partition coefficient (Wildman–Crippen LogP) is 4.19. The van der Waals surface area contributed by atoms with Gasteiger partial charge in [0.2, 0.25) is 0 Å². The van der Waals surface area contributed by atoms with Crippen molar-refractivity contribution in [1.29, 1.82) is 0 Å². The largest absolute Gasteiger partial charge is 0.490 e. The van der Waals surface area contributed by atoms with E-state index in [9.17, 15) is 0 Å². The molecular weight excluding hydrogens is 308 g/mol. The number of aryl methyl sites for hydroxylation is 1. The zero-order valence-electron chi connectivity index (χ0n) is 15.2. The number of nitrogens with two attached hydrogens (primary N) is 1. The molecule has 2 aromatic carbocycles. The van der Waals surface area contributed by atoms with Gasteiger partial charge in [0.1, 0.15) is 11.9 Å². The summed E-state index contributed by atoms with van der Waals surface area (Å²) < 4.78 is 6.16. The lowest BCUT2D eigenvalue weighted by atomic mass is 9.81. The fraction of sp³-hybridized carbons (Fsp3) is 0.455. The zero-order valence-corrected chi connectivity index (χ0v) is 15.2. The lowest BCUT2D eigenvalue weighted by molar-refractivity contribution is 0.0921. The Morgan fingerprint density at radius 3 is 2.80 bits per heavy atom. The maximum absolute atomic E-state index is 6.42. The second-order valence-electron chi connectivity index (χ2n) is 7.74. The van der Waals surface area contributed by atoms with E-state index < -0.39 is 0 Å². The molecule has 0 aliphatic carbocycles. The van der Waals surface area contributed by atoms with Crippen LogP contribution in [0.25, 0.3) is 0 Å². The van der Waals surface area contributed by atoms with Crippen molar-refractivity contribution >= 4 is 0 Å². The second kappa shape index (κ2) is 6.81. The van der Waals surface area contributed by atoms with Gasteiger partial charge in [-0.1, -0.05) is 48.0 Å². The van der Waals surface area contributed by atoms with Gasteiger partial charge in [-0.15, -0.1) is 0 Å². The highest BCUT2D eigenvalue weighted by Crippen LogP contribution is 2.40. The molecule has 1 saturated heterocycles. The molecule has 0 radical (unpaired) electrons. The van der Waals surface area contributed by atoms with Crippen LogP contribution in [0.4, 0.5) is 0 Å². The standard InChI is InChI=1S/C22H28N2O/c1-15-11-19-13-16(2)25-22(19)20(12-15)14-18-9-6-10-24(23)21(18)17-7-4-3-5-8-17/h3-5,7-8,11-12,16,18,21H,6,9-10,13-14,23H2,1-2H3/t16-,18-,21?/m0/s1. The van der Waals surface area contributed by atoms with Crippen LogP contribution in [0.15, 0.2) is 42.5 Å². The van der Waals surface area contributed by atoms with E-state index in [0.29, 0.717) is 5.92 Å². The van der Waals surface area contributed by atoms with E-state index in [0.717, 1.165) is 31.6 Å². The number of benzene rings is 2. The summed E-state index contributed by atoms with van der Waals surface area (Å²) in [7, 11) is 0. The molecule has 3 heteroatoms. The van der Waals surface area contributed by atoms with E-state index in [1.807, 2.05) is 5.01 Å². The molecule has 2 aliphatic rings. The Morgan fingerprint density at radius 1 is 1.20 bits per heavy atom. The molecule has 0 bridgehead atoms. The summed E-state index contributed by atoms with van der Waals surface area (Å²) in [5.74, 6) is 8.08. The normalized spacial score (nSPS) is 26.3. The molecule has 2 heterocycles. The van der Waals surface area contributed by atoms with Crippen LogP contribution in [0.5, 0.6) is 5.75 Å². The van der Waals surface area contributed by atoms with Gasteiger partial charge >= 0.3 is 0 Å². The Kier molecular flexibility index (Phi) is 4.53. The van der Waals surface area contributed by atoms with Crippen LogP contribution in [-0.4, -0.2) is 17.7 Å². The van der Waals surface area contributed by atoms with Crippen LogP contribution in [0.3, 0.4) is 0 Å². The molecule has 25 heavy (non-hydrogen) atoms. The Balaban J connectivity index is 1.65. The third-order valence-corrected chi connectivity index (χ3v) is 5.63. The van der Waals surface area contributed by atoms with E-state index in [1.54, 1.807) is 0 Å². The minimum absolute atomic E-state index is 0.282. The predicted molar refractivity (Wildman–Crippen MR) is 101 cm³/mol. The highest BCUT2D eigenvalue weighted by molar-refractivity contribution is 5.47. The van der Waals surface area contributed by atoms with E-state index >= 15 is 0 Å². The number of hydrazine groups is 1. The summed E-state index contributed by atoms with van der Waals surface area (Å²) >= 11 is 0. The van der Waals surface area contributed by atoms with Crippen molar-refractivity contribution in [3.05, 3.63) is 64.7 Å². The maximum atomic E-state index is 6.42. The Labute approximate surface area is 150 Å². The molecule has 1 unspecified atom stereocenters. The first-order valence-corrected chi connectivity index (χ1v) is 9.47. The van der Waals surface area contributed by atoms with Gasteiger partial charge in [0.05, 0.1) is 6.04 Å². The minimum atomic E-state index is 0.282. The first kappa shape index (κ1) is 16.6.